The van der Waals surface area contributed by atoms with E-state index in [2.05, 4.69) is 15.3 Å². The van der Waals surface area contributed by atoms with Gasteiger partial charge in [0.25, 0.3) is 5.91 Å². The Hall–Kier alpha value is -2.37. The van der Waals surface area contributed by atoms with Crippen LogP contribution in [0.1, 0.15) is 17.3 Å². The van der Waals surface area contributed by atoms with Crippen molar-refractivity contribution >= 4 is 5.91 Å². The first-order chi connectivity index (χ1) is 8.65. The number of imidazole rings is 1. The Morgan fingerprint density at radius 1 is 1.56 bits per heavy atom. The molecule has 18 heavy (non-hydrogen) atoms. The summed E-state index contributed by atoms with van der Waals surface area (Å²) >= 11 is 0. The van der Waals surface area contributed by atoms with Crippen LogP contribution in [0.4, 0.5) is 0 Å². The van der Waals surface area contributed by atoms with E-state index in [4.69, 9.17) is 0 Å². The lowest BCUT2D eigenvalue weighted by Gasteiger charge is -2.14. The van der Waals surface area contributed by atoms with Crippen molar-refractivity contribution in [2.24, 2.45) is 0 Å². The normalized spacial score (nSPS) is 12.1. The van der Waals surface area contributed by atoms with Gasteiger partial charge >= 0.3 is 0 Å². The highest BCUT2D eigenvalue weighted by molar-refractivity contribution is 5.93. The largest absolute Gasteiger partial charge is 0.348 e. The number of hydrogen-bond donors (Lipinski definition) is 2. The number of rotatable bonds is 4. The van der Waals surface area contributed by atoms with Crippen molar-refractivity contribution in [3.8, 4) is 0 Å². The number of pyridine rings is 1. The zero-order valence-electron chi connectivity index (χ0n) is 9.96. The number of nitrogens with zero attached hydrogens (tertiary/aromatic N) is 2. The molecule has 0 aliphatic heterocycles. The first-order valence-electron chi connectivity index (χ1n) is 5.60. The lowest BCUT2D eigenvalue weighted by molar-refractivity contribution is 0.0936. The van der Waals surface area contributed by atoms with E-state index in [9.17, 15) is 9.59 Å². The third kappa shape index (κ3) is 3.07. The number of carbonyl (C=O) groups is 1. The van der Waals surface area contributed by atoms with Crippen LogP contribution < -0.4 is 10.9 Å². The van der Waals surface area contributed by atoms with Gasteiger partial charge in [0, 0.05) is 37.2 Å². The fourth-order valence-electron chi connectivity index (χ4n) is 1.62. The smallest absolute Gasteiger partial charge is 0.253 e. The zero-order valence-corrected chi connectivity index (χ0v) is 9.96. The molecule has 0 unspecified atom stereocenters. The summed E-state index contributed by atoms with van der Waals surface area (Å²) in [6.45, 7) is 2.55. The number of carbonyl (C=O) groups excluding carboxylic acids is 1. The summed E-state index contributed by atoms with van der Waals surface area (Å²) in [4.78, 5) is 29.1. The van der Waals surface area contributed by atoms with Gasteiger partial charge in [0.1, 0.15) is 0 Å². The number of hydrogen-bond acceptors (Lipinski definition) is 3. The van der Waals surface area contributed by atoms with Crippen molar-refractivity contribution in [3.63, 3.8) is 0 Å². The average Bonchev–Trinajstić information content (AvgIpc) is 2.82. The molecule has 0 bridgehead atoms. The molecule has 6 nitrogen and oxygen atoms in total. The van der Waals surface area contributed by atoms with Crippen LogP contribution in [0.25, 0.3) is 0 Å². The number of aromatic amines is 1. The molecule has 0 radical (unpaired) electrons. The van der Waals surface area contributed by atoms with E-state index in [1.165, 1.54) is 18.3 Å². The summed E-state index contributed by atoms with van der Waals surface area (Å²) in [5.41, 5.74) is 0.213. The van der Waals surface area contributed by atoms with Crippen LogP contribution in [-0.2, 0) is 6.54 Å². The van der Waals surface area contributed by atoms with E-state index in [0.29, 0.717) is 12.1 Å². The molecule has 0 aromatic carbocycles. The van der Waals surface area contributed by atoms with Gasteiger partial charge in [-0.15, -0.1) is 0 Å². The highest BCUT2D eigenvalue weighted by atomic mass is 16.2. The monoisotopic (exact) mass is 246 g/mol. The lowest BCUT2D eigenvalue weighted by Crippen LogP contribution is -2.35. The van der Waals surface area contributed by atoms with Gasteiger partial charge in [0.2, 0.25) is 5.56 Å². The molecule has 0 spiro atoms. The maximum absolute atomic E-state index is 11.8. The van der Waals surface area contributed by atoms with E-state index in [1.807, 2.05) is 17.7 Å². The molecule has 2 aromatic rings. The molecule has 0 fully saturated rings. The molecule has 6 heteroatoms. The Balaban J connectivity index is 1.94. The summed E-state index contributed by atoms with van der Waals surface area (Å²) < 4.78 is 1.89. The first kappa shape index (κ1) is 12.1. The van der Waals surface area contributed by atoms with Gasteiger partial charge in [-0.1, -0.05) is 0 Å². The number of aromatic nitrogens is 3. The molecule has 0 aliphatic carbocycles. The average molecular weight is 246 g/mol. The van der Waals surface area contributed by atoms with Crippen LogP contribution in [0.3, 0.4) is 0 Å². The van der Waals surface area contributed by atoms with E-state index >= 15 is 0 Å². The Morgan fingerprint density at radius 2 is 2.39 bits per heavy atom. The summed E-state index contributed by atoms with van der Waals surface area (Å²) in [5, 5.41) is 2.84. The molecule has 2 aromatic heterocycles. The van der Waals surface area contributed by atoms with E-state index in [0.717, 1.165) is 0 Å². The second kappa shape index (κ2) is 5.31. The second-order valence-electron chi connectivity index (χ2n) is 4.08. The Labute approximate surface area is 104 Å². The maximum Gasteiger partial charge on any atom is 0.253 e. The number of nitrogens with one attached hydrogen (secondary N) is 2. The van der Waals surface area contributed by atoms with Crippen molar-refractivity contribution in [1.82, 2.24) is 19.9 Å². The second-order valence-corrected chi connectivity index (χ2v) is 4.08. The topological polar surface area (TPSA) is 79.8 Å². The number of H-pyrrole nitrogens is 1. The highest BCUT2D eigenvalue weighted by Crippen LogP contribution is 1.97. The lowest BCUT2D eigenvalue weighted by atomic mass is 10.2. The van der Waals surface area contributed by atoms with Crippen LogP contribution >= 0.6 is 0 Å². The third-order valence-corrected chi connectivity index (χ3v) is 2.47. The zero-order chi connectivity index (χ0) is 13.0. The quantitative estimate of drug-likeness (QED) is 0.819. The Bertz CT molecular complexity index is 554. The molecular formula is C12H14N4O2. The molecule has 1 amide bonds. The molecule has 1 atom stereocenters. The fraction of sp³-hybridized carbons (Fsp3) is 0.250. The molecule has 2 N–H and O–H groups in total. The maximum atomic E-state index is 11.8. The Morgan fingerprint density at radius 3 is 3.00 bits per heavy atom. The predicted molar refractivity (Wildman–Crippen MR) is 66.2 cm³/mol. The van der Waals surface area contributed by atoms with Gasteiger partial charge < -0.3 is 14.9 Å². The predicted octanol–water partition coefficient (Wildman–Crippen LogP) is 0.390. The van der Waals surface area contributed by atoms with Gasteiger partial charge in [-0.25, -0.2) is 4.98 Å². The van der Waals surface area contributed by atoms with Gasteiger partial charge in [0.05, 0.1) is 11.9 Å². The fourth-order valence-corrected chi connectivity index (χ4v) is 1.62. The van der Waals surface area contributed by atoms with Crippen molar-refractivity contribution in [1.29, 1.82) is 0 Å². The standard InChI is InChI=1S/C12H14N4O2/c1-9(7-16-5-4-13-8-16)15-12(18)10-2-3-11(17)14-6-10/h2-6,8-9H,7H2,1H3,(H,14,17)(H,15,18)/t9-/m1/s1. The van der Waals surface area contributed by atoms with Gasteiger partial charge in [0.15, 0.2) is 0 Å². The van der Waals surface area contributed by atoms with E-state index < -0.39 is 0 Å². The van der Waals surface area contributed by atoms with Crippen LogP contribution in [0.5, 0.6) is 0 Å². The SMILES string of the molecule is C[C@H](Cn1ccnc1)NC(=O)c1ccc(=O)[nH]c1. The number of amides is 1. The summed E-state index contributed by atoms with van der Waals surface area (Å²) in [6, 6.07) is 2.80. The summed E-state index contributed by atoms with van der Waals surface area (Å²) in [5.74, 6) is -0.209. The first-order valence-corrected chi connectivity index (χ1v) is 5.60. The minimum Gasteiger partial charge on any atom is -0.348 e. The minimum absolute atomic E-state index is 0.0290. The minimum atomic E-state index is -0.224. The molecular weight excluding hydrogens is 232 g/mol. The molecule has 94 valence electrons. The van der Waals surface area contributed by atoms with Crippen LogP contribution in [-0.4, -0.2) is 26.5 Å². The molecule has 0 aliphatic rings. The van der Waals surface area contributed by atoms with Crippen molar-refractivity contribution < 1.29 is 4.79 Å². The highest BCUT2D eigenvalue weighted by Gasteiger charge is 2.09. The molecule has 0 saturated heterocycles. The van der Waals surface area contributed by atoms with Gasteiger partial charge in [-0.05, 0) is 13.0 Å². The van der Waals surface area contributed by atoms with Crippen LogP contribution in [0.2, 0.25) is 0 Å². The Kier molecular flexibility index (Phi) is 3.57. The molecule has 2 heterocycles. The molecule has 0 saturated carbocycles. The van der Waals surface area contributed by atoms with Gasteiger partial charge in [-0.3, -0.25) is 9.59 Å². The molecule has 2 rings (SSSR count). The van der Waals surface area contributed by atoms with Crippen LogP contribution in [0.15, 0.2) is 41.8 Å². The van der Waals surface area contributed by atoms with Crippen molar-refractivity contribution in [2.75, 3.05) is 0 Å². The summed E-state index contributed by atoms with van der Waals surface area (Å²) in [6.07, 6.45) is 6.63. The van der Waals surface area contributed by atoms with E-state index in [1.54, 1.807) is 12.5 Å². The third-order valence-electron chi connectivity index (χ3n) is 2.47. The van der Waals surface area contributed by atoms with E-state index in [-0.39, 0.29) is 17.5 Å². The van der Waals surface area contributed by atoms with Crippen LogP contribution in [0, 0.1) is 0 Å². The van der Waals surface area contributed by atoms with Gasteiger partial charge in [-0.2, -0.15) is 0 Å². The van der Waals surface area contributed by atoms with Crippen molar-refractivity contribution in [2.45, 2.75) is 19.5 Å². The van der Waals surface area contributed by atoms with Crippen molar-refractivity contribution in [3.05, 3.63) is 53.0 Å². The summed E-state index contributed by atoms with van der Waals surface area (Å²) in [7, 11) is 0.